The van der Waals surface area contributed by atoms with Gasteiger partial charge in [0.05, 0.1) is 5.75 Å². The highest BCUT2D eigenvalue weighted by atomic mass is 32.2. The van der Waals surface area contributed by atoms with Crippen LogP contribution in [0.2, 0.25) is 0 Å². The van der Waals surface area contributed by atoms with Crippen molar-refractivity contribution in [2.45, 2.75) is 19.9 Å². The van der Waals surface area contributed by atoms with Gasteiger partial charge in [0.2, 0.25) is 10.0 Å². The van der Waals surface area contributed by atoms with Crippen molar-refractivity contribution in [3.8, 4) is 0 Å². The van der Waals surface area contributed by atoms with Gasteiger partial charge in [0.15, 0.2) is 0 Å². The summed E-state index contributed by atoms with van der Waals surface area (Å²) >= 11 is 0. The number of aromatic nitrogens is 1. The van der Waals surface area contributed by atoms with E-state index in [0.717, 1.165) is 5.56 Å². The summed E-state index contributed by atoms with van der Waals surface area (Å²) in [5, 5.41) is 0. The molecule has 0 amide bonds. The van der Waals surface area contributed by atoms with Crippen molar-refractivity contribution >= 4 is 10.0 Å². The summed E-state index contributed by atoms with van der Waals surface area (Å²) in [6.07, 6.45) is 4.02. The Balaban J connectivity index is 2.78. The highest BCUT2D eigenvalue weighted by Crippen LogP contribution is 2.09. The maximum absolute atomic E-state index is 11.9. The molecule has 0 saturated heterocycles. The van der Waals surface area contributed by atoms with E-state index < -0.39 is 10.0 Å². The zero-order valence-corrected chi connectivity index (χ0v) is 10.9. The van der Waals surface area contributed by atoms with Crippen LogP contribution in [0.3, 0.4) is 0 Å². The van der Waals surface area contributed by atoms with Gasteiger partial charge < -0.3 is 5.73 Å². The maximum atomic E-state index is 11.9. The van der Waals surface area contributed by atoms with Crippen molar-refractivity contribution in [3.05, 3.63) is 30.1 Å². The predicted molar refractivity (Wildman–Crippen MR) is 67.8 cm³/mol. The summed E-state index contributed by atoms with van der Waals surface area (Å²) in [7, 11) is -3.18. The van der Waals surface area contributed by atoms with E-state index in [2.05, 4.69) is 4.98 Å². The minimum atomic E-state index is -3.18. The van der Waals surface area contributed by atoms with Crippen LogP contribution in [-0.2, 0) is 16.6 Å². The Morgan fingerprint density at radius 3 is 2.76 bits per heavy atom. The van der Waals surface area contributed by atoms with E-state index >= 15 is 0 Å². The van der Waals surface area contributed by atoms with Gasteiger partial charge in [-0.25, -0.2) is 8.42 Å². The molecular weight excluding hydrogens is 238 g/mol. The molecule has 0 radical (unpaired) electrons. The van der Waals surface area contributed by atoms with E-state index in [1.807, 2.05) is 6.07 Å². The van der Waals surface area contributed by atoms with E-state index in [1.54, 1.807) is 25.4 Å². The number of hydrogen-bond acceptors (Lipinski definition) is 4. The Morgan fingerprint density at radius 2 is 2.24 bits per heavy atom. The second-order valence-corrected chi connectivity index (χ2v) is 6.00. The molecule has 0 spiro atoms. The molecule has 17 heavy (non-hydrogen) atoms. The average Bonchev–Trinajstić information content (AvgIpc) is 2.35. The zero-order valence-electron chi connectivity index (χ0n) is 10.0. The third-order valence-electron chi connectivity index (χ3n) is 2.45. The van der Waals surface area contributed by atoms with Gasteiger partial charge in [-0.3, -0.25) is 4.98 Å². The van der Waals surface area contributed by atoms with Crippen LogP contribution in [0.15, 0.2) is 24.5 Å². The molecule has 0 atom stereocenters. The van der Waals surface area contributed by atoms with Gasteiger partial charge >= 0.3 is 0 Å². The minimum absolute atomic E-state index is 0.109. The first kappa shape index (κ1) is 14.1. The number of nitrogens with zero attached hydrogens (tertiary/aromatic N) is 2. The van der Waals surface area contributed by atoms with Gasteiger partial charge in [0.25, 0.3) is 0 Å². The predicted octanol–water partition coefficient (Wildman–Crippen LogP) is 0.582. The van der Waals surface area contributed by atoms with Crippen LogP contribution in [-0.4, -0.2) is 36.5 Å². The van der Waals surface area contributed by atoms with Crippen LogP contribution >= 0.6 is 0 Å². The van der Waals surface area contributed by atoms with Crippen molar-refractivity contribution < 1.29 is 8.42 Å². The molecule has 0 saturated carbocycles. The third-order valence-corrected chi connectivity index (χ3v) is 4.28. The number of nitrogens with two attached hydrogens (primary N) is 1. The summed E-state index contributed by atoms with van der Waals surface area (Å²) in [6, 6.07) is 3.67. The minimum Gasteiger partial charge on any atom is -0.330 e. The van der Waals surface area contributed by atoms with Crippen molar-refractivity contribution in [2.75, 3.05) is 18.8 Å². The van der Waals surface area contributed by atoms with Crippen molar-refractivity contribution in [1.29, 1.82) is 0 Å². The molecule has 5 nitrogen and oxygen atoms in total. The van der Waals surface area contributed by atoms with Crippen LogP contribution in [0, 0.1) is 0 Å². The van der Waals surface area contributed by atoms with Gasteiger partial charge in [0.1, 0.15) is 0 Å². The van der Waals surface area contributed by atoms with Gasteiger partial charge in [-0.05, 0) is 31.5 Å². The van der Waals surface area contributed by atoms with Crippen molar-refractivity contribution in [1.82, 2.24) is 9.29 Å². The Kier molecular flexibility index (Phi) is 5.54. The Morgan fingerprint density at radius 1 is 1.47 bits per heavy atom. The molecule has 1 rings (SSSR count). The smallest absolute Gasteiger partial charge is 0.214 e. The van der Waals surface area contributed by atoms with Gasteiger partial charge in [-0.2, -0.15) is 4.31 Å². The number of pyridine rings is 1. The number of hydrogen-bond donors (Lipinski definition) is 1. The average molecular weight is 257 g/mol. The molecule has 0 unspecified atom stereocenters. The van der Waals surface area contributed by atoms with Crippen molar-refractivity contribution in [2.24, 2.45) is 5.73 Å². The lowest BCUT2D eigenvalue weighted by Crippen LogP contribution is -2.33. The molecule has 0 aliphatic carbocycles. The standard InChI is InChI=1S/C11H19N3O2S/c1-2-17(15,16)14(8-4-6-12)10-11-5-3-7-13-9-11/h3,5,7,9H,2,4,6,8,10,12H2,1H3. The first-order valence-electron chi connectivity index (χ1n) is 5.67. The molecule has 2 N–H and O–H groups in total. The molecule has 0 aliphatic rings. The highest BCUT2D eigenvalue weighted by Gasteiger charge is 2.19. The van der Waals surface area contributed by atoms with Crippen LogP contribution in [0.5, 0.6) is 0 Å². The fourth-order valence-corrected chi connectivity index (χ4v) is 2.58. The molecule has 0 bridgehead atoms. The third kappa shape index (κ3) is 4.41. The fourth-order valence-electron chi connectivity index (χ4n) is 1.46. The summed E-state index contributed by atoms with van der Waals surface area (Å²) in [6.45, 7) is 2.96. The molecule has 6 heteroatoms. The Bertz CT molecular complexity index is 420. The van der Waals surface area contributed by atoms with E-state index in [4.69, 9.17) is 5.73 Å². The van der Waals surface area contributed by atoms with Gasteiger partial charge in [-0.15, -0.1) is 0 Å². The fraction of sp³-hybridized carbons (Fsp3) is 0.545. The molecule has 0 aromatic carbocycles. The quantitative estimate of drug-likeness (QED) is 0.775. The largest absolute Gasteiger partial charge is 0.330 e. The first-order chi connectivity index (χ1) is 8.10. The normalized spacial score (nSPS) is 11.9. The van der Waals surface area contributed by atoms with E-state index in [1.165, 1.54) is 4.31 Å². The molecule has 1 heterocycles. The van der Waals surface area contributed by atoms with Gasteiger partial charge in [-0.1, -0.05) is 6.07 Å². The molecule has 0 aliphatic heterocycles. The summed E-state index contributed by atoms with van der Waals surface area (Å²) < 4.78 is 25.2. The zero-order chi connectivity index (χ0) is 12.7. The highest BCUT2D eigenvalue weighted by molar-refractivity contribution is 7.89. The lowest BCUT2D eigenvalue weighted by molar-refractivity contribution is 0.402. The Hall–Kier alpha value is -0.980. The van der Waals surface area contributed by atoms with E-state index in [0.29, 0.717) is 26.1 Å². The SMILES string of the molecule is CCS(=O)(=O)N(CCCN)Cc1cccnc1. The molecule has 96 valence electrons. The second kappa shape index (κ2) is 6.68. The molecule has 0 fully saturated rings. The first-order valence-corrected chi connectivity index (χ1v) is 7.28. The molecular formula is C11H19N3O2S. The second-order valence-electron chi connectivity index (χ2n) is 3.74. The van der Waals surface area contributed by atoms with Crippen LogP contribution < -0.4 is 5.73 Å². The molecule has 1 aromatic rings. The summed E-state index contributed by atoms with van der Waals surface area (Å²) in [5.74, 6) is 0.109. The summed E-state index contributed by atoms with van der Waals surface area (Å²) in [5.41, 5.74) is 6.31. The van der Waals surface area contributed by atoms with Crippen LogP contribution in [0.25, 0.3) is 0 Å². The molecule has 1 aromatic heterocycles. The van der Waals surface area contributed by atoms with Crippen molar-refractivity contribution in [3.63, 3.8) is 0 Å². The lowest BCUT2D eigenvalue weighted by Gasteiger charge is -2.21. The number of sulfonamides is 1. The maximum Gasteiger partial charge on any atom is 0.214 e. The monoisotopic (exact) mass is 257 g/mol. The van der Waals surface area contributed by atoms with Crippen LogP contribution in [0.1, 0.15) is 18.9 Å². The summed E-state index contributed by atoms with van der Waals surface area (Å²) in [4.78, 5) is 3.98. The van der Waals surface area contributed by atoms with Crippen LogP contribution in [0.4, 0.5) is 0 Å². The lowest BCUT2D eigenvalue weighted by atomic mass is 10.3. The van der Waals surface area contributed by atoms with Gasteiger partial charge in [0, 0.05) is 25.5 Å². The van der Waals surface area contributed by atoms with E-state index in [9.17, 15) is 8.42 Å². The Labute approximate surface area is 103 Å². The number of rotatable bonds is 7. The topological polar surface area (TPSA) is 76.3 Å². The van der Waals surface area contributed by atoms with E-state index in [-0.39, 0.29) is 5.75 Å².